The minimum absolute atomic E-state index is 0.0971. The topological polar surface area (TPSA) is 75.7 Å². The molecule has 1 N–H and O–H groups in total. The number of hydrogen-bond donors (Lipinski definition) is 1. The summed E-state index contributed by atoms with van der Waals surface area (Å²) in [5.74, 6) is -1.54. The maximum atomic E-state index is 12.3. The normalized spacial score (nSPS) is 16.4. The number of nitrogens with zero attached hydrogens (tertiary/aromatic N) is 1. The molecule has 1 unspecified atom stereocenters. The highest BCUT2D eigenvalue weighted by Crippen LogP contribution is 2.27. The number of benzene rings is 1. The number of nitrogens with one attached hydrogen (secondary N) is 1. The van der Waals surface area contributed by atoms with Gasteiger partial charge in [-0.2, -0.15) is 0 Å². The Labute approximate surface area is 165 Å². The Balaban J connectivity index is 1.47. The summed E-state index contributed by atoms with van der Waals surface area (Å²) < 4.78 is 5.10. The third-order valence-corrected chi connectivity index (χ3v) is 5.85. The van der Waals surface area contributed by atoms with E-state index in [2.05, 4.69) is 5.32 Å². The number of hydrogen-bond acceptors (Lipinski definition) is 6. The van der Waals surface area contributed by atoms with Crippen molar-refractivity contribution in [3.05, 3.63) is 46.7 Å². The van der Waals surface area contributed by atoms with Crippen LogP contribution in [0.25, 0.3) is 0 Å². The van der Waals surface area contributed by atoms with E-state index < -0.39 is 11.9 Å². The minimum Gasteiger partial charge on any atom is -0.455 e. The number of esters is 1. The van der Waals surface area contributed by atoms with E-state index >= 15 is 0 Å². The molecule has 2 heterocycles. The molecule has 0 spiro atoms. The van der Waals surface area contributed by atoms with E-state index in [9.17, 15) is 14.4 Å². The van der Waals surface area contributed by atoms with Crippen molar-refractivity contribution in [2.45, 2.75) is 17.9 Å². The number of anilines is 1. The molecule has 0 radical (unpaired) electrons. The van der Waals surface area contributed by atoms with Crippen LogP contribution < -0.4 is 10.2 Å². The molecule has 1 aromatic heterocycles. The highest BCUT2D eigenvalue weighted by Gasteiger charge is 2.36. The van der Waals surface area contributed by atoms with Crippen molar-refractivity contribution in [3.8, 4) is 0 Å². The number of thioether (sulfide) groups is 1. The SMILES string of the molecule is CSc1ccc(N2CC(C(=O)OCC(=O)NCc3cccs3)CC2=O)cc1. The van der Waals surface area contributed by atoms with Gasteiger partial charge in [-0.25, -0.2) is 0 Å². The first kappa shape index (κ1) is 19.4. The zero-order valence-electron chi connectivity index (χ0n) is 14.8. The second-order valence-electron chi connectivity index (χ2n) is 6.07. The highest BCUT2D eigenvalue weighted by molar-refractivity contribution is 7.98. The first-order chi connectivity index (χ1) is 13.1. The van der Waals surface area contributed by atoms with E-state index in [4.69, 9.17) is 4.74 Å². The molecule has 0 saturated carbocycles. The molecule has 2 aromatic rings. The lowest BCUT2D eigenvalue weighted by Gasteiger charge is -2.16. The fraction of sp³-hybridized carbons (Fsp3) is 0.316. The van der Waals surface area contributed by atoms with Crippen molar-refractivity contribution < 1.29 is 19.1 Å². The van der Waals surface area contributed by atoms with Crippen LogP contribution in [0.1, 0.15) is 11.3 Å². The maximum absolute atomic E-state index is 12.3. The first-order valence-electron chi connectivity index (χ1n) is 8.47. The highest BCUT2D eigenvalue weighted by atomic mass is 32.2. The van der Waals surface area contributed by atoms with Crippen molar-refractivity contribution in [2.75, 3.05) is 24.3 Å². The molecule has 1 saturated heterocycles. The molecular formula is C19H20N2O4S2. The summed E-state index contributed by atoms with van der Waals surface area (Å²) in [5, 5.41) is 4.63. The molecule has 0 bridgehead atoms. The van der Waals surface area contributed by atoms with Gasteiger partial charge in [0.05, 0.1) is 12.5 Å². The van der Waals surface area contributed by atoms with Crippen molar-refractivity contribution in [1.82, 2.24) is 5.32 Å². The summed E-state index contributed by atoms with van der Waals surface area (Å²) in [7, 11) is 0. The van der Waals surface area contributed by atoms with Gasteiger partial charge in [-0.1, -0.05) is 6.07 Å². The Kier molecular flexibility index (Phi) is 6.52. The van der Waals surface area contributed by atoms with Gasteiger partial charge in [0, 0.05) is 28.4 Å². The summed E-state index contributed by atoms with van der Waals surface area (Å²) in [5.41, 5.74) is 0.766. The predicted molar refractivity (Wildman–Crippen MR) is 106 cm³/mol. The Hall–Kier alpha value is -2.32. The molecule has 3 rings (SSSR count). The fourth-order valence-electron chi connectivity index (χ4n) is 2.78. The second kappa shape index (κ2) is 9.05. The summed E-state index contributed by atoms with van der Waals surface area (Å²) in [6, 6.07) is 11.4. The lowest BCUT2D eigenvalue weighted by atomic mass is 10.1. The second-order valence-corrected chi connectivity index (χ2v) is 7.98. The van der Waals surface area contributed by atoms with E-state index in [1.165, 1.54) is 0 Å². The maximum Gasteiger partial charge on any atom is 0.311 e. The van der Waals surface area contributed by atoms with Gasteiger partial charge in [-0.3, -0.25) is 14.4 Å². The van der Waals surface area contributed by atoms with Gasteiger partial charge in [0.15, 0.2) is 6.61 Å². The molecule has 1 aliphatic heterocycles. The third-order valence-electron chi connectivity index (χ3n) is 4.23. The van der Waals surface area contributed by atoms with Crippen molar-refractivity contribution in [3.63, 3.8) is 0 Å². The van der Waals surface area contributed by atoms with Crippen LogP contribution >= 0.6 is 23.1 Å². The molecule has 1 fully saturated rings. The number of carbonyl (C=O) groups excluding carboxylic acids is 3. The number of carbonyl (C=O) groups is 3. The number of amides is 2. The van der Waals surface area contributed by atoms with E-state index in [1.54, 1.807) is 28.0 Å². The average molecular weight is 405 g/mol. The van der Waals surface area contributed by atoms with Gasteiger partial charge in [-0.05, 0) is 42.0 Å². The minimum atomic E-state index is -0.553. The number of ether oxygens (including phenoxy) is 1. The summed E-state index contributed by atoms with van der Waals surface area (Å²) in [6.07, 6.45) is 2.08. The zero-order valence-corrected chi connectivity index (χ0v) is 16.5. The van der Waals surface area contributed by atoms with Gasteiger partial charge in [0.25, 0.3) is 5.91 Å². The Morgan fingerprint density at radius 3 is 2.74 bits per heavy atom. The Bertz CT molecular complexity index is 806. The van der Waals surface area contributed by atoms with Crippen LogP contribution in [0, 0.1) is 5.92 Å². The monoisotopic (exact) mass is 404 g/mol. The molecule has 6 nitrogen and oxygen atoms in total. The van der Waals surface area contributed by atoms with Crippen LogP contribution in [0.4, 0.5) is 5.69 Å². The molecule has 2 amide bonds. The summed E-state index contributed by atoms with van der Waals surface area (Å²) >= 11 is 3.17. The van der Waals surface area contributed by atoms with Crippen LogP contribution in [0.2, 0.25) is 0 Å². The van der Waals surface area contributed by atoms with Crippen LogP contribution in [-0.4, -0.2) is 37.2 Å². The molecule has 0 aliphatic carbocycles. The number of rotatable bonds is 7. The van der Waals surface area contributed by atoms with Gasteiger partial charge >= 0.3 is 5.97 Å². The van der Waals surface area contributed by atoms with Crippen LogP contribution in [0.5, 0.6) is 0 Å². The van der Waals surface area contributed by atoms with E-state index in [-0.39, 0.29) is 31.4 Å². The zero-order chi connectivity index (χ0) is 19.2. The Morgan fingerprint density at radius 1 is 1.30 bits per heavy atom. The Morgan fingerprint density at radius 2 is 2.07 bits per heavy atom. The van der Waals surface area contributed by atoms with E-state index in [1.807, 2.05) is 48.0 Å². The largest absolute Gasteiger partial charge is 0.455 e. The molecule has 142 valence electrons. The number of thiophene rings is 1. The van der Waals surface area contributed by atoms with E-state index in [0.29, 0.717) is 6.54 Å². The molecular weight excluding hydrogens is 384 g/mol. The quantitative estimate of drug-likeness (QED) is 0.567. The molecule has 1 aliphatic rings. The molecule has 1 atom stereocenters. The van der Waals surface area contributed by atoms with Crippen molar-refractivity contribution >= 4 is 46.6 Å². The van der Waals surface area contributed by atoms with Crippen LogP contribution in [0.3, 0.4) is 0 Å². The fourth-order valence-corrected chi connectivity index (χ4v) is 3.83. The van der Waals surface area contributed by atoms with Crippen molar-refractivity contribution in [1.29, 1.82) is 0 Å². The van der Waals surface area contributed by atoms with Crippen molar-refractivity contribution in [2.24, 2.45) is 5.92 Å². The van der Waals surface area contributed by atoms with Gasteiger partial charge in [0.2, 0.25) is 5.91 Å². The lowest BCUT2D eigenvalue weighted by Crippen LogP contribution is -2.31. The smallest absolute Gasteiger partial charge is 0.311 e. The standard InChI is InChI=1S/C19H20N2O4S2/c1-26-15-6-4-14(5-7-15)21-11-13(9-18(21)23)19(24)25-12-17(22)20-10-16-3-2-8-27-16/h2-8,13H,9-12H2,1H3,(H,20,22). The lowest BCUT2D eigenvalue weighted by molar-refractivity contribution is -0.152. The predicted octanol–water partition coefficient (Wildman–Crippen LogP) is 2.68. The van der Waals surface area contributed by atoms with Crippen LogP contribution in [0.15, 0.2) is 46.7 Å². The molecule has 1 aromatic carbocycles. The van der Waals surface area contributed by atoms with Crippen LogP contribution in [-0.2, 0) is 25.7 Å². The third kappa shape index (κ3) is 5.11. The van der Waals surface area contributed by atoms with E-state index in [0.717, 1.165) is 15.5 Å². The molecule has 27 heavy (non-hydrogen) atoms. The molecule has 8 heteroatoms. The van der Waals surface area contributed by atoms with Gasteiger partial charge in [0.1, 0.15) is 0 Å². The summed E-state index contributed by atoms with van der Waals surface area (Å²) in [4.78, 5) is 40.0. The van der Waals surface area contributed by atoms with Gasteiger partial charge < -0.3 is 15.0 Å². The first-order valence-corrected chi connectivity index (χ1v) is 10.6. The summed E-state index contributed by atoms with van der Waals surface area (Å²) in [6.45, 7) is 0.347. The van der Waals surface area contributed by atoms with Gasteiger partial charge in [-0.15, -0.1) is 23.1 Å². The average Bonchev–Trinajstić information content (AvgIpc) is 3.34.